The Labute approximate surface area is 117 Å². The summed E-state index contributed by atoms with van der Waals surface area (Å²) in [5, 5.41) is 5.60. The lowest BCUT2D eigenvalue weighted by molar-refractivity contribution is -0.147. The molecule has 5 nitrogen and oxygen atoms in total. The minimum Gasteiger partial charge on any atom is -0.342 e. The first-order valence-corrected chi connectivity index (χ1v) is 7.14. The molecule has 1 atom stereocenters. The van der Waals surface area contributed by atoms with E-state index in [9.17, 15) is 9.59 Å². The Kier molecular flexibility index (Phi) is 3.62. The number of rotatable bonds is 2. The van der Waals surface area contributed by atoms with Crippen molar-refractivity contribution in [2.24, 2.45) is 5.41 Å². The van der Waals surface area contributed by atoms with E-state index in [0.29, 0.717) is 6.54 Å². The summed E-state index contributed by atoms with van der Waals surface area (Å²) in [7, 11) is 0. The first-order valence-electron chi connectivity index (χ1n) is 6.26. The second-order valence-corrected chi connectivity index (χ2v) is 6.89. The summed E-state index contributed by atoms with van der Waals surface area (Å²) < 4.78 is 0. The summed E-state index contributed by atoms with van der Waals surface area (Å²) >= 11 is 1.52. The van der Waals surface area contributed by atoms with Crippen LogP contribution in [0.2, 0.25) is 0 Å². The van der Waals surface area contributed by atoms with E-state index in [2.05, 4.69) is 10.3 Å². The fraction of sp³-hybridized carbons (Fsp3) is 0.615. The standard InChI is InChI=1S/C13H19N3O2S/c1-8-7-19-10(14-8)6-16-5-9(17)15-11(12(16)18)13(2,3)4/h7,11H,5-6H2,1-4H3,(H,15,17). The number of nitrogens with one attached hydrogen (secondary N) is 1. The van der Waals surface area contributed by atoms with Crippen molar-refractivity contribution >= 4 is 23.2 Å². The number of nitrogens with zero attached hydrogens (tertiary/aromatic N) is 2. The quantitative estimate of drug-likeness (QED) is 0.889. The van der Waals surface area contributed by atoms with Crippen molar-refractivity contribution in [3.8, 4) is 0 Å². The van der Waals surface area contributed by atoms with Gasteiger partial charge in [0.15, 0.2) is 0 Å². The molecule has 0 bridgehead atoms. The van der Waals surface area contributed by atoms with Crippen LogP contribution >= 0.6 is 11.3 Å². The van der Waals surface area contributed by atoms with E-state index < -0.39 is 6.04 Å². The Balaban J connectivity index is 2.16. The zero-order valence-corrected chi connectivity index (χ0v) is 12.5. The third-order valence-corrected chi connectivity index (χ3v) is 4.01. The second-order valence-electron chi connectivity index (χ2n) is 5.94. The van der Waals surface area contributed by atoms with Crippen LogP contribution in [0.1, 0.15) is 31.5 Å². The molecule has 2 rings (SSSR count). The molecule has 1 unspecified atom stereocenters. The van der Waals surface area contributed by atoms with Gasteiger partial charge >= 0.3 is 0 Å². The number of aryl methyl sites for hydroxylation is 1. The number of amides is 2. The fourth-order valence-electron chi connectivity index (χ4n) is 2.06. The Morgan fingerprint density at radius 2 is 2.16 bits per heavy atom. The molecule has 1 saturated heterocycles. The lowest BCUT2D eigenvalue weighted by atomic mass is 9.85. The molecule has 2 amide bonds. The molecule has 1 aliphatic heterocycles. The van der Waals surface area contributed by atoms with Gasteiger partial charge in [-0.2, -0.15) is 0 Å². The number of carbonyl (C=O) groups excluding carboxylic acids is 2. The van der Waals surface area contributed by atoms with Gasteiger partial charge in [0.25, 0.3) is 0 Å². The van der Waals surface area contributed by atoms with Gasteiger partial charge in [-0.1, -0.05) is 20.8 Å². The van der Waals surface area contributed by atoms with Gasteiger partial charge in [-0.15, -0.1) is 11.3 Å². The number of aromatic nitrogens is 1. The van der Waals surface area contributed by atoms with Crippen LogP contribution in [0.3, 0.4) is 0 Å². The average Bonchev–Trinajstić information content (AvgIpc) is 2.67. The van der Waals surface area contributed by atoms with Gasteiger partial charge in [-0.3, -0.25) is 9.59 Å². The highest BCUT2D eigenvalue weighted by Crippen LogP contribution is 2.24. The van der Waals surface area contributed by atoms with Gasteiger partial charge in [0.2, 0.25) is 11.8 Å². The molecule has 0 spiro atoms. The maximum absolute atomic E-state index is 12.4. The zero-order chi connectivity index (χ0) is 14.2. The summed E-state index contributed by atoms with van der Waals surface area (Å²) in [6, 6.07) is -0.463. The Hall–Kier alpha value is -1.43. The predicted octanol–water partition coefficient (Wildman–Crippen LogP) is 1.32. The van der Waals surface area contributed by atoms with Gasteiger partial charge in [0.1, 0.15) is 17.6 Å². The van der Waals surface area contributed by atoms with E-state index in [1.165, 1.54) is 11.3 Å². The normalized spacial score (nSPS) is 20.6. The molecule has 2 heterocycles. The molecule has 0 saturated carbocycles. The number of thiazole rings is 1. The molecule has 1 aromatic rings. The van der Waals surface area contributed by atoms with E-state index in [0.717, 1.165) is 10.7 Å². The van der Waals surface area contributed by atoms with Crippen LogP contribution in [-0.2, 0) is 16.1 Å². The van der Waals surface area contributed by atoms with Gasteiger partial charge < -0.3 is 10.2 Å². The van der Waals surface area contributed by atoms with Crippen molar-refractivity contribution in [3.05, 3.63) is 16.1 Å². The SMILES string of the molecule is Cc1csc(CN2CC(=O)NC(C(C)(C)C)C2=O)n1. The summed E-state index contributed by atoms with van der Waals surface area (Å²) in [4.78, 5) is 30.1. The highest BCUT2D eigenvalue weighted by atomic mass is 32.1. The molecule has 0 aliphatic carbocycles. The highest BCUT2D eigenvalue weighted by Gasteiger charge is 2.39. The van der Waals surface area contributed by atoms with Gasteiger partial charge in [-0.05, 0) is 12.3 Å². The highest BCUT2D eigenvalue weighted by molar-refractivity contribution is 7.09. The van der Waals surface area contributed by atoms with Crippen LogP contribution < -0.4 is 5.32 Å². The molecule has 1 N–H and O–H groups in total. The van der Waals surface area contributed by atoms with Crippen molar-refractivity contribution in [1.29, 1.82) is 0 Å². The summed E-state index contributed by atoms with van der Waals surface area (Å²) in [5.74, 6) is -0.132. The average molecular weight is 281 g/mol. The first-order chi connectivity index (χ1) is 8.77. The summed E-state index contributed by atoms with van der Waals surface area (Å²) in [6.45, 7) is 8.30. The summed E-state index contributed by atoms with van der Waals surface area (Å²) in [5.41, 5.74) is 0.658. The smallest absolute Gasteiger partial charge is 0.246 e. The van der Waals surface area contributed by atoms with Crippen LogP contribution in [0.4, 0.5) is 0 Å². The monoisotopic (exact) mass is 281 g/mol. The Morgan fingerprint density at radius 3 is 2.68 bits per heavy atom. The molecule has 0 aromatic carbocycles. The molecule has 19 heavy (non-hydrogen) atoms. The van der Waals surface area contributed by atoms with Crippen molar-refractivity contribution in [2.75, 3.05) is 6.54 Å². The molecule has 0 radical (unpaired) electrons. The van der Waals surface area contributed by atoms with E-state index in [1.54, 1.807) is 4.90 Å². The maximum atomic E-state index is 12.4. The molecular weight excluding hydrogens is 262 g/mol. The molecule has 104 valence electrons. The van der Waals surface area contributed by atoms with Crippen LogP contribution in [0.15, 0.2) is 5.38 Å². The number of hydrogen-bond donors (Lipinski definition) is 1. The van der Waals surface area contributed by atoms with Crippen molar-refractivity contribution < 1.29 is 9.59 Å². The molecule has 1 aliphatic rings. The molecular formula is C13H19N3O2S. The van der Waals surface area contributed by atoms with Gasteiger partial charge in [0.05, 0.1) is 6.54 Å². The topological polar surface area (TPSA) is 62.3 Å². The van der Waals surface area contributed by atoms with Gasteiger partial charge in [0, 0.05) is 11.1 Å². The molecule has 1 aromatic heterocycles. The van der Waals surface area contributed by atoms with Crippen LogP contribution in [0.25, 0.3) is 0 Å². The summed E-state index contributed by atoms with van der Waals surface area (Å²) in [6.07, 6.45) is 0. The maximum Gasteiger partial charge on any atom is 0.246 e. The van der Waals surface area contributed by atoms with Crippen LogP contribution in [0, 0.1) is 12.3 Å². The Bertz CT molecular complexity index is 504. The number of piperazine rings is 1. The van der Waals surface area contributed by atoms with Crippen molar-refractivity contribution in [2.45, 2.75) is 40.3 Å². The largest absolute Gasteiger partial charge is 0.342 e. The first kappa shape index (κ1) is 14.0. The third kappa shape index (κ3) is 3.12. The number of carbonyl (C=O) groups is 2. The van der Waals surface area contributed by atoms with Crippen LogP contribution in [-0.4, -0.2) is 34.3 Å². The van der Waals surface area contributed by atoms with E-state index in [-0.39, 0.29) is 23.8 Å². The van der Waals surface area contributed by atoms with Crippen molar-refractivity contribution in [3.63, 3.8) is 0 Å². The molecule has 6 heteroatoms. The third-order valence-electron chi connectivity index (χ3n) is 3.06. The minimum atomic E-state index is -0.463. The van der Waals surface area contributed by atoms with E-state index in [1.807, 2.05) is 33.1 Å². The fourth-order valence-corrected chi connectivity index (χ4v) is 2.85. The lowest BCUT2D eigenvalue weighted by Gasteiger charge is -2.38. The Morgan fingerprint density at radius 1 is 1.47 bits per heavy atom. The number of hydrogen-bond acceptors (Lipinski definition) is 4. The molecule has 1 fully saturated rings. The lowest BCUT2D eigenvalue weighted by Crippen LogP contribution is -2.61. The minimum absolute atomic E-state index is 0.0278. The van der Waals surface area contributed by atoms with E-state index in [4.69, 9.17) is 0 Å². The van der Waals surface area contributed by atoms with Gasteiger partial charge in [-0.25, -0.2) is 4.98 Å². The second kappa shape index (κ2) is 4.92. The zero-order valence-electron chi connectivity index (χ0n) is 11.7. The predicted molar refractivity (Wildman–Crippen MR) is 73.7 cm³/mol. The van der Waals surface area contributed by atoms with Crippen molar-refractivity contribution in [1.82, 2.24) is 15.2 Å². The van der Waals surface area contributed by atoms with E-state index >= 15 is 0 Å². The van der Waals surface area contributed by atoms with Crippen LogP contribution in [0.5, 0.6) is 0 Å².